The maximum absolute atomic E-state index is 5.44. The summed E-state index contributed by atoms with van der Waals surface area (Å²) >= 11 is 3.50. The number of hydrogen-bond acceptors (Lipinski definition) is 2. The van der Waals surface area contributed by atoms with Gasteiger partial charge in [0.25, 0.3) is 0 Å². The monoisotopic (exact) mass is 311 g/mol. The van der Waals surface area contributed by atoms with Crippen molar-refractivity contribution in [3.05, 3.63) is 34.3 Å². The molecule has 0 amide bonds. The highest BCUT2D eigenvalue weighted by atomic mass is 79.9. The van der Waals surface area contributed by atoms with Crippen molar-refractivity contribution in [2.24, 2.45) is 5.92 Å². The Labute approximate surface area is 118 Å². The summed E-state index contributed by atoms with van der Waals surface area (Å²) in [5.41, 5.74) is 1.44. The van der Waals surface area contributed by atoms with Gasteiger partial charge in [-0.25, -0.2) is 0 Å². The molecule has 2 rings (SSSR count). The Morgan fingerprint density at radius 1 is 1.28 bits per heavy atom. The number of hydrogen-bond donors (Lipinski definition) is 1. The van der Waals surface area contributed by atoms with Crippen molar-refractivity contribution in [1.82, 2.24) is 5.32 Å². The second-order valence-corrected chi connectivity index (χ2v) is 6.01. The van der Waals surface area contributed by atoms with E-state index >= 15 is 0 Å². The Bertz CT molecular complexity index is 346. The highest BCUT2D eigenvalue weighted by molar-refractivity contribution is 9.10. The molecule has 1 saturated heterocycles. The van der Waals surface area contributed by atoms with E-state index < -0.39 is 0 Å². The fourth-order valence-electron chi connectivity index (χ4n) is 2.70. The quantitative estimate of drug-likeness (QED) is 0.897. The minimum Gasteiger partial charge on any atom is -0.381 e. The summed E-state index contributed by atoms with van der Waals surface area (Å²) in [6.45, 7) is 2.94. The topological polar surface area (TPSA) is 21.3 Å². The summed E-state index contributed by atoms with van der Waals surface area (Å²) in [7, 11) is 2.04. The van der Waals surface area contributed by atoms with Gasteiger partial charge in [0.15, 0.2) is 0 Å². The van der Waals surface area contributed by atoms with Crippen LogP contribution in [0.5, 0.6) is 0 Å². The fourth-order valence-corrected chi connectivity index (χ4v) is 2.97. The standard InChI is InChI=1S/C15H22BrNO/c1-17-11-14(10-12-6-8-18-9-7-12)13-2-4-15(16)5-3-13/h2-5,12,14,17H,6-11H2,1H3. The smallest absolute Gasteiger partial charge is 0.0468 e. The van der Waals surface area contributed by atoms with Gasteiger partial charge in [-0.1, -0.05) is 28.1 Å². The Morgan fingerprint density at radius 2 is 1.94 bits per heavy atom. The van der Waals surface area contributed by atoms with Gasteiger partial charge in [-0.3, -0.25) is 0 Å². The average molecular weight is 312 g/mol. The first kappa shape index (κ1) is 14.0. The molecule has 1 N–H and O–H groups in total. The molecule has 18 heavy (non-hydrogen) atoms. The molecule has 0 saturated carbocycles. The van der Waals surface area contributed by atoms with Crippen molar-refractivity contribution >= 4 is 15.9 Å². The van der Waals surface area contributed by atoms with Crippen molar-refractivity contribution in [3.8, 4) is 0 Å². The number of likely N-dealkylation sites (N-methyl/N-ethyl adjacent to an activating group) is 1. The van der Waals surface area contributed by atoms with Crippen molar-refractivity contribution < 1.29 is 4.74 Å². The van der Waals surface area contributed by atoms with E-state index in [9.17, 15) is 0 Å². The summed E-state index contributed by atoms with van der Waals surface area (Å²) < 4.78 is 6.59. The van der Waals surface area contributed by atoms with Crippen molar-refractivity contribution in [3.63, 3.8) is 0 Å². The molecular formula is C15H22BrNO. The second kappa shape index (κ2) is 7.27. The molecule has 1 heterocycles. The molecule has 0 aromatic heterocycles. The zero-order chi connectivity index (χ0) is 12.8. The molecule has 100 valence electrons. The highest BCUT2D eigenvalue weighted by Gasteiger charge is 2.20. The fraction of sp³-hybridized carbons (Fsp3) is 0.600. The van der Waals surface area contributed by atoms with E-state index in [1.54, 1.807) is 0 Å². The van der Waals surface area contributed by atoms with Gasteiger partial charge in [-0.2, -0.15) is 0 Å². The number of rotatable bonds is 5. The molecule has 1 unspecified atom stereocenters. The van der Waals surface area contributed by atoms with E-state index in [0.717, 1.165) is 30.1 Å². The molecule has 0 radical (unpaired) electrons. The molecule has 0 aliphatic carbocycles. The predicted molar refractivity (Wildman–Crippen MR) is 79.0 cm³/mol. The van der Waals surface area contributed by atoms with E-state index in [-0.39, 0.29) is 0 Å². The van der Waals surface area contributed by atoms with Crippen LogP contribution in [0.4, 0.5) is 0 Å². The van der Waals surface area contributed by atoms with Crippen LogP contribution in [-0.4, -0.2) is 26.8 Å². The number of ether oxygens (including phenoxy) is 1. The van der Waals surface area contributed by atoms with Crippen LogP contribution in [0.3, 0.4) is 0 Å². The van der Waals surface area contributed by atoms with E-state index in [4.69, 9.17) is 4.74 Å². The summed E-state index contributed by atoms with van der Waals surface area (Å²) in [6, 6.07) is 8.76. The molecule has 1 aliphatic heterocycles. The average Bonchev–Trinajstić information content (AvgIpc) is 2.40. The SMILES string of the molecule is CNCC(CC1CCOCC1)c1ccc(Br)cc1. The van der Waals surface area contributed by atoms with Crippen LogP contribution in [0.1, 0.15) is 30.7 Å². The first-order valence-electron chi connectivity index (χ1n) is 6.77. The molecule has 1 aromatic rings. The molecule has 0 spiro atoms. The third-order valence-corrected chi connectivity index (χ3v) is 4.28. The van der Waals surface area contributed by atoms with Gasteiger partial charge in [0.2, 0.25) is 0 Å². The van der Waals surface area contributed by atoms with Crippen LogP contribution in [0.2, 0.25) is 0 Å². The number of halogens is 1. The maximum Gasteiger partial charge on any atom is 0.0468 e. The maximum atomic E-state index is 5.44. The first-order chi connectivity index (χ1) is 8.79. The molecule has 3 heteroatoms. The molecular weight excluding hydrogens is 290 g/mol. The van der Waals surface area contributed by atoms with Crippen LogP contribution in [-0.2, 0) is 4.74 Å². The zero-order valence-corrected chi connectivity index (χ0v) is 12.6. The van der Waals surface area contributed by atoms with Gasteiger partial charge in [0.05, 0.1) is 0 Å². The third kappa shape index (κ3) is 4.08. The summed E-state index contributed by atoms with van der Waals surface area (Å²) in [4.78, 5) is 0. The summed E-state index contributed by atoms with van der Waals surface area (Å²) in [5, 5.41) is 3.33. The largest absolute Gasteiger partial charge is 0.381 e. The Hall–Kier alpha value is -0.380. The van der Waals surface area contributed by atoms with E-state index in [1.807, 2.05) is 7.05 Å². The van der Waals surface area contributed by atoms with Gasteiger partial charge < -0.3 is 10.1 Å². The van der Waals surface area contributed by atoms with E-state index in [1.165, 1.54) is 24.8 Å². The van der Waals surface area contributed by atoms with Crippen LogP contribution in [0.25, 0.3) is 0 Å². The third-order valence-electron chi connectivity index (χ3n) is 3.75. The molecule has 1 atom stereocenters. The Kier molecular flexibility index (Phi) is 5.67. The minimum atomic E-state index is 0.617. The molecule has 1 aliphatic rings. The van der Waals surface area contributed by atoms with Crippen LogP contribution in [0, 0.1) is 5.92 Å². The lowest BCUT2D eigenvalue weighted by atomic mass is 9.85. The highest BCUT2D eigenvalue weighted by Crippen LogP contribution is 2.29. The number of benzene rings is 1. The van der Waals surface area contributed by atoms with Gasteiger partial charge in [-0.05, 0) is 55.8 Å². The van der Waals surface area contributed by atoms with Crippen molar-refractivity contribution in [2.45, 2.75) is 25.2 Å². The van der Waals surface area contributed by atoms with E-state index in [2.05, 4.69) is 45.5 Å². The number of nitrogens with one attached hydrogen (secondary N) is 1. The van der Waals surface area contributed by atoms with Crippen LogP contribution in [0.15, 0.2) is 28.7 Å². The van der Waals surface area contributed by atoms with Gasteiger partial charge >= 0.3 is 0 Å². The molecule has 0 bridgehead atoms. The first-order valence-corrected chi connectivity index (χ1v) is 7.56. The second-order valence-electron chi connectivity index (χ2n) is 5.10. The normalized spacial score (nSPS) is 18.8. The lowest BCUT2D eigenvalue weighted by molar-refractivity contribution is 0.0617. The van der Waals surface area contributed by atoms with Crippen LogP contribution >= 0.6 is 15.9 Å². The summed E-state index contributed by atoms with van der Waals surface area (Å²) in [5.74, 6) is 1.44. The lowest BCUT2D eigenvalue weighted by Gasteiger charge is -2.27. The Balaban J connectivity index is 2.00. The van der Waals surface area contributed by atoms with Gasteiger partial charge in [0, 0.05) is 24.2 Å². The zero-order valence-electron chi connectivity index (χ0n) is 11.0. The molecule has 2 nitrogen and oxygen atoms in total. The predicted octanol–water partition coefficient (Wildman–Crippen LogP) is 3.57. The van der Waals surface area contributed by atoms with Crippen LogP contribution < -0.4 is 5.32 Å². The van der Waals surface area contributed by atoms with Crippen molar-refractivity contribution in [2.75, 3.05) is 26.8 Å². The molecule has 1 fully saturated rings. The minimum absolute atomic E-state index is 0.617. The molecule has 1 aromatic carbocycles. The van der Waals surface area contributed by atoms with E-state index in [0.29, 0.717) is 5.92 Å². The lowest BCUT2D eigenvalue weighted by Crippen LogP contribution is -2.23. The van der Waals surface area contributed by atoms with Crippen molar-refractivity contribution in [1.29, 1.82) is 0 Å². The summed E-state index contributed by atoms with van der Waals surface area (Å²) in [6.07, 6.45) is 3.71. The Morgan fingerprint density at radius 3 is 2.56 bits per heavy atom. The van der Waals surface area contributed by atoms with Gasteiger partial charge in [-0.15, -0.1) is 0 Å². The van der Waals surface area contributed by atoms with Gasteiger partial charge in [0.1, 0.15) is 0 Å².